The fourth-order valence-electron chi connectivity index (χ4n) is 5.11. The van der Waals surface area contributed by atoms with Gasteiger partial charge in [-0.25, -0.2) is 19.4 Å². The summed E-state index contributed by atoms with van der Waals surface area (Å²) in [6.45, 7) is 19.3. The molecule has 1 saturated heterocycles. The minimum atomic E-state index is -0.892. The average molecular weight is 689 g/mol. The first-order chi connectivity index (χ1) is 22.2. The zero-order valence-electron chi connectivity index (χ0n) is 30.1. The molecule has 0 radical (unpaired) electrons. The van der Waals surface area contributed by atoms with Gasteiger partial charge in [-0.05, 0) is 98.9 Å². The average Bonchev–Trinajstić information content (AvgIpc) is 3.31. The zero-order chi connectivity index (χ0) is 35.9. The maximum atomic E-state index is 13.3. The smallest absolute Gasteiger partial charge is 0.425 e. The number of ether oxygens (including phenoxy) is 4. The van der Waals surface area contributed by atoms with Crippen LogP contribution in [0.25, 0.3) is 0 Å². The number of benzene rings is 1. The minimum absolute atomic E-state index is 0.0868. The Hall–Kier alpha value is -3.41. The largest absolute Gasteiger partial charge is 0.444 e. The number of alkyl halides is 1. The van der Waals surface area contributed by atoms with Gasteiger partial charge in [0, 0.05) is 31.1 Å². The van der Waals surface area contributed by atoms with Crippen molar-refractivity contribution in [1.29, 1.82) is 0 Å². The molecule has 11 nitrogen and oxygen atoms in total. The number of hydrogen-bond donors (Lipinski definition) is 1. The quantitative estimate of drug-likeness (QED) is 0.119. The van der Waals surface area contributed by atoms with Gasteiger partial charge in [0.05, 0.1) is 24.8 Å². The molecule has 0 saturated carbocycles. The lowest BCUT2D eigenvalue weighted by Crippen LogP contribution is -2.44. The molecule has 1 N–H and O–H groups in total. The molecule has 12 heteroatoms. The normalized spacial score (nSPS) is 17.5. The molecule has 0 bridgehead atoms. The van der Waals surface area contributed by atoms with Crippen LogP contribution in [0.3, 0.4) is 0 Å². The summed E-state index contributed by atoms with van der Waals surface area (Å²) in [5, 5.41) is 3.29. The van der Waals surface area contributed by atoms with Crippen LogP contribution in [-0.4, -0.2) is 82.8 Å². The third kappa shape index (κ3) is 13.2. The van der Waals surface area contributed by atoms with Gasteiger partial charge in [-0.2, -0.15) is 4.90 Å². The van der Waals surface area contributed by atoms with Gasteiger partial charge in [0.25, 0.3) is 0 Å². The minimum Gasteiger partial charge on any atom is -0.444 e. The molecule has 2 heterocycles. The number of carbonyl (C=O) groups excluding carboxylic acids is 3. The fraction of sp³-hybridized carbons (Fsp3) is 0.611. The third-order valence-corrected chi connectivity index (χ3v) is 7.26. The second-order valence-corrected chi connectivity index (χ2v) is 15.7. The van der Waals surface area contributed by atoms with Gasteiger partial charge in [0.1, 0.15) is 22.6 Å². The summed E-state index contributed by atoms with van der Waals surface area (Å²) < 4.78 is 23.1. The van der Waals surface area contributed by atoms with Crippen molar-refractivity contribution in [2.24, 2.45) is 5.92 Å². The first-order valence-electron chi connectivity index (χ1n) is 16.4. The number of amides is 3. The van der Waals surface area contributed by atoms with Crippen LogP contribution in [0.15, 0.2) is 42.5 Å². The molecule has 3 atom stereocenters. The zero-order valence-corrected chi connectivity index (χ0v) is 30.8. The summed E-state index contributed by atoms with van der Waals surface area (Å²) in [4.78, 5) is 46.9. The Bertz CT molecular complexity index is 1360. The van der Waals surface area contributed by atoms with E-state index in [1.807, 2.05) is 64.1 Å². The van der Waals surface area contributed by atoms with Crippen molar-refractivity contribution in [1.82, 2.24) is 15.2 Å². The molecular formula is C36H53ClN4O7. The number of aromatic nitrogens is 1. The van der Waals surface area contributed by atoms with Gasteiger partial charge in [-0.15, -0.1) is 11.6 Å². The molecule has 1 aliphatic heterocycles. The lowest BCUT2D eigenvalue weighted by atomic mass is 9.98. The van der Waals surface area contributed by atoms with Crippen LogP contribution < -0.4 is 10.2 Å². The summed E-state index contributed by atoms with van der Waals surface area (Å²) in [5.41, 5.74) is -0.0926. The number of nitrogens with zero attached hydrogens (tertiary/aromatic N) is 3. The van der Waals surface area contributed by atoms with E-state index in [1.54, 1.807) is 52.5 Å². The number of halogens is 1. The number of aryl methyl sites for hydroxylation is 1. The Kier molecular flexibility index (Phi) is 13.3. The molecule has 1 aromatic heterocycles. The molecule has 0 spiro atoms. The highest BCUT2D eigenvalue weighted by molar-refractivity contribution is 6.20. The molecule has 2 aromatic rings. The van der Waals surface area contributed by atoms with Crippen LogP contribution in [0.4, 0.5) is 20.2 Å². The first-order valence-corrected chi connectivity index (χ1v) is 16.9. The highest BCUT2D eigenvalue weighted by Gasteiger charge is 2.39. The van der Waals surface area contributed by atoms with Gasteiger partial charge < -0.3 is 23.8 Å². The van der Waals surface area contributed by atoms with E-state index in [2.05, 4.69) is 5.32 Å². The van der Waals surface area contributed by atoms with E-state index < -0.39 is 35.1 Å². The topological polar surface area (TPSA) is 120 Å². The van der Waals surface area contributed by atoms with Gasteiger partial charge in [-0.1, -0.05) is 30.3 Å². The van der Waals surface area contributed by atoms with Gasteiger partial charge in [0.15, 0.2) is 0 Å². The van der Waals surface area contributed by atoms with E-state index in [0.29, 0.717) is 44.8 Å². The Morgan fingerprint density at radius 3 is 2.06 bits per heavy atom. The van der Waals surface area contributed by atoms with E-state index in [-0.39, 0.29) is 23.3 Å². The number of carbonyl (C=O) groups is 3. The maximum Gasteiger partial charge on any atom is 0.425 e. The Morgan fingerprint density at radius 2 is 1.50 bits per heavy atom. The van der Waals surface area contributed by atoms with Crippen LogP contribution in [0.5, 0.6) is 0 Å². The van der Waals surface area contributed by atoms with Crippen LogP contribution >= 0.6 is 11.6 Å². The number of pyridine rings is 1. The summed E-state index contributed by atoms with van der Waals surface area (Å²) in [6, 6.07) is 13.5. The highest BCUT2D eigenvalue weighted by Crippen LogP contribution is 2.28. The molecule has 1 aliphatic rings. The van der Waals surface area contributed by atoms with Crippen molar-refractivity contribution >= 4 is 35.7 Å². The van der Waals surface area contributed by atoms with Crippen LogP contribution in [0.2, 0.25) is 0 Å². The number of rotatable bonds is 10. The van der Waals surface area contributed by atoms with E-state index in [4.69, 9.17) is 35.5 Å². The van der Waals surface area contributed by atoms with Gasteiger partial charge >= 0.3 is 18.3 Å². The van der Waals surface area contributed by atoms with Crippen LogP contribution in [-0.2, 0) is 31.8 Å². The Morgan fingerprint density at radius 1 is 0.917 bits per heavy atom. The van der Waals surface area contributed by atoms with E-state index in [0.717, 1.165) is 16.0 Å². The van der Waals surface area contributed by atoms with Crippen molar-refractivity contribution in [3.05, 3.63) is 59.3 Å². The van der Waals surface area contributed by atoms with E-state index >= 15 is 0 Å². The molecule has 3 amide bonds. The van der Waals surface area contributed by atoms with Crippen LogP contribution in [0, 0.1) is 12.8 Å². The second-order valence-electron chi connectivity index (χ2n) is 15.2. The summed E-state index contributed by atoms with van der Waals surface area (Å²) >= 11 is 6.53. The molecule has 3 unspecified atom stereocenters. The number of nitrogens with one attached hydrogen (secondary N) is 1. The monoisotopic (exact) mass is 688 g/mol. The molecule has 0 aliphatic carbocycles. The van der Waals surface area contributed by atoms with Crippen molar-refractivity contribution in [2.45, 2.75) is 110 Å². The molecular weight excluding hydrogens is 636 g/mol. The van der Waals surface area contributed by atoms with Crippen molar-refractivity contribution in [2.75, 3.05) is 31.1 Å². The van der Waals surface area contributed by atoms with Gasteiger partial charge in [-0.3, -0.25) is 5.32 Å². The van der Waals surface area contributed by atoms with E-state index in [1.165, 1.54) is 0 Å². The number of anilines is 1. The molecule has 48 heavy (non-hydrogen) atoms. The summed E-state index contributed by atoms with van der Waals surface area (Å²) in [6.07, 6.45) is -1.44. The second kappa shape index (κ2) is 16.3. The number of hydrogen-bond acceptors (Lipinski definition) is 9. The predicted molar refractivity (Wildman–Crippen MR) is 186 cm³/mol. The number of likely N-dealkylation sites (tertiary alicyclic amines) is 1. The van der Waals surface area contributed by atoms with Crippen molar-refractivity contribution in [3.8, 4) is 0 Å². The molecule has 1 fully saturated rings. The maximum absolute atomic E-state index is 13.3. The standard InChI is InChI=1S/C36H53ClN4O7/c1-24-18-27(39-30(19-24)41(32(43)47-35(5,6)7)33(44)48-36(8,9)10)21-26-22-40(31(42)46-34(2,3)4)23-28(26)45-17-16-38-29(37)20-25-14-12-11-13-15-25/h11-15,18-19,26,28-29,38H,16-17,20-23H2,1-10H3. The Labute approximate surface area is 290 Å². The molecule has 1 aromatic carbocycles. The SMILES string of the molecule is Cc1cc(CC2CN(C(=O)OC(C)(C)C)CC2OCCNC(Cl)Cc2ccccc2)nc(N(C(=O)OC(C)(C)C)C(=O)OC(C)(C)C)c1. The molecule has 266 valence electrons. The van der Waals surface area contributed by atoms with Crippen LogP contribution in [0.1, 0.15) is 79.1 Å². The molecule has 3 rings (SSSR count). The van der Waals surface area contributed by atoms with E-state index in [9.17, 15) is 14.4 Å². The van der Waals surface area contributed by atoms with Crippen molar-refractivity contribution in [3.63, 3.8) is 0 Å². The third-order valence-electron chi connectivity index (χ3n) is 6.95. The predicted octanol–water partition coefficient (Wildman–Crippen LogP) is 7.26. The summed E-state index contributed by atoms with van der Waals surface area (Å²) in [5.74, 6) is -0.0592. The summed E-state index contributed by atoms with van der Waals surface area (Å²) in [7, 11) is 0. The van der Waals surface area contributed by atoms with Crippen molar-refractivity contribution < 1.29 is 33.3 Å². The number of imide groups is 1. The first kappa shape index (κ1) is 39.0. The lowest BCUT2D eigenvalue weighted by molar-refractivity contribution is 0.0185. The Balaban J connectivity index is 1.80. The highest BCUT2D eigenvalue weighted by atomic mass is 35.5. The lowest BCUT2D eigenvalue weighted by Gasteiger charge is -2.28. The van der Waals surface area contributed by atoms with Gasteiger partial charge in [0.2, 0.25) is 0 Å². The fourth-order valence-corrected chi connectivity index (χ4v) is 5.39.